The number of aromatic amines is 1. The number of sulfone groups is 1. The van der Waals surface area contributed by atoms with Gasteiger partial charge in [-0.25, -0.2) is 13.4 Å². The smallest absolute Gasteiger partial charge is 0.152 e. The molecule has 1 aromatic heterocycles. The van der Waals surface area contributed by atoms with Crippen molar-refractivity contribution in [1.29, 1.82) is 0 Å². The summed E-state index contributed by atoms with van der Waals surface area (Å²) < 4.78 is 22.8. The number of fused-ring (bicyclic) bond motifs is 1. The molecule has 1 atom stereocenters. The summed E-state index contributed by atoms with van der Waals surface area (Å²) in [7, 11) is -2.84. The highest BCUT2D eigenvalue weighted by Crippen LogP contribution is 2.21. The molecule has 1 aromatic carbocycles. The third-order valence-corrected chi connectivity index (χ3v) is 4.97. The summed E-state index contributed by atoms with van der Waals surface area (Å²) in [5.74, 6) is 1.40. The third kappa shape index (κ3) is 2.20. The van der Waals surface area contributed by atoms with E-state index in [4.69, 9.17) is 0 Å². The lowest BCUT2D eigenvalue weighted by Gasteiger charge is -2.11. The van der Waals surface area contributed by atoms with Gasteiger partial charge in [0.15, 0.2) is 9.84 Å². The van der Waals surface area contributed by atoms with Crippen LogP contribution in [0, 0.1) is 6.92 Å². The van der Waals surface area contributed by atoms with Gasteiger partial charge in [0.05, 0.1) is 22.5 Å². The van der Waals surface area contributed by atoms with Crippen LogP contribution in [0.2, 0.25) is 0 Å². The summed E-state index contributed by atoms with van der Waals surface area (Å²) >= 11 is 0. The second kappa shape index (κ2) is 3.98. The zero-order valence-corrected chi connectivity index (χ0v) is 10.9. The largest absolute Gasteiger partial charge is 0.381 e. The lowest BCUT2D eigenvalue weighted by Crippen LogP contribution is -2.20. The van der Waals surface area contributed by atoms with Crippen LogP contribution in [0.4, 0.5) is 5.69 Å². The highest BCUT2D eigenvalue weighted by Gasteiger charge is 2.27. The first-order valence-corrected chi connectivity index (χ1v) is 7.77. The van der Waals surface area contributed by atoms with E-state index < -0.39 is 9.84 Å². The van der Waals surface area contributed by atoms with Crippen LogP contribution < -0.4 is 5.32 Å². The molecule has 0 radical (unpaired) electrons. The van der Waals surface area contributed by atoms with Gasteiger partial charge in [0.25, 0.3) is 0 Å². The Morgan fingerprint density at radius 3 is 3.00 bits per heavy atom. The lowest BCUT2D eigenvalue weighted by atomic mass is 10.2. The predicted octanol–water partition coefficient (Wildman–Crippen LogP) is 1.47. The van der Waals surface area contributed by atoms with Crippen molar-refractivity contribution < 1.29 is 8.42 Å². The third-order valence-electron chi connectivity index (χ3n) is 3.20. The maximum atomic E-state index is 11.4. The van der Waals surface area contributed by atoms with Gasteiger partial charge in [-0.05, 0) is 31.5 Å². The SMILES string of the molecule is Cc1nc2ccc(NC3CCS(=O)(=O)C3)cc2[nH]1. The molecule has 0 spiro atoms. The molecular formula is C12H15N3O2S. The summed E-state index contributed by atoms with van der Waals surface area (Å²) in [4.78, 5) is 7.50. The van der Waals surface area contributed by atoms with Gasteiger partial charge in [-0.3, -0.25) is 0 Å². The Morgan fingerprint density at radius 1 is 1.44 bits per heavy atom. The molecule has 1 unspecified atom stereocenters. The van der Waals surface area contributed by atoms with E-state index in [2.05, 4.69) is 15.3 Å². The number of H-pyrrole nitrogens is 1. The molecular weight excluding hydrogens is 250 g/mol. The van der Waals surface area contributed by atoms with E-state index in [1.807, 2.05) is 25.1 Å². The second-order valence-electron chi connectivity index (χ2n) is 4.80. The Bertz CT molecular complexity index is 690. The van der Waals surface area contributed by atoms with Gasteiger partial charge in [0.2, 0.25) is 0 Å². The minimum Gasteiger partial charge on any atom is -0.381 e. The number of nitrogens with one attached hydrogen (secondary N) is 2. The van der Waals surface area contributed by atoms with Crippen LogP contribution in [-0.2, 0) is 9.84 Å². The Balaban J connectivity index is 1.82. The van der Waals surface area contributed by atoms with Crippen LogP contribution in [0.25, 0.3) is 11.0 Å². The van der Waals surface area contributed by atoms with Crippen molar-refractivity contribution in [2.75, 3.05) is 16.8 Å². The Kier molecular flexibility index (Phi) is 2.55. The fourth-order valence-electron chi connectivity index (χ4n) is 2.37. The van der Waals surface area contributed by atoms with Gasteiger partial charge in [-0.1, -0.05) is 0 Å². The van der Waals surface area contributed by atoms with Gasteiger partial charge < -0.3 is 10.3 Å². The number of benzene rings is 1. The first-order valence-electron chi connectivity index (χ1n) is 5.95. The summed E-state index contributed by atoms with van der Waals surface area (Å²) in [5.41, 5.74) is 2.84. The fraction of sp³-hybridized carbons (Fsp3) is 0.417. The summed E-state index contributed by atoms with van der Waals surface area (Å²) in [6.45, 7) is 1.91. The molecule has 1 aliphatic heterocycles. The molecule has 0 aliphatic carbocycles. The molecule has 0 amide bonds. The van der Waals surface area contributed by atoms with Crippen molar-refractivity contribution in [3.05, 3.63) is 24.0 Å². The van der Waals surface area contributed by atoms with Crippen molar-refractivity contribution in [2.24, 2.45) is 0 Å². The number of hydrogen-bond acceptors (Lipinski definition) is 4. The fourth-order valence-corrected chi connectivity index (χ4v) is 4.04. The molecule has 18 heavy (non-hydrogen) atoms. The Hall–Kier alpha value is -1.56. The van der Waals surface area contributed by atoms with E-state index in [1.165, 1.54) is 0 Å². The zero-order chi connectivity index (χ0) is 12.8. The summed E-state index contributed by atoms with van der Waals surface area (Å²) in [6.07, 6.45) is 0.683. The number of aryl methyl sites for hydroxylation is 1. The molecule has 2 N–H and O–H groups in total. The van der Waals surface area contributed by atoms with E-state index in [-0.39, 0.29) is 17.5 Å². The second-order valence-corrected chi connectivity index (χ2v) is 7.03. The van der Waals surface area contributed by atoms with E-state index in [9.17, 15) is 8.42 Å². The van der Waals surface area contributed by atoms with Crippen LogP contribution in [0.1, 0.15) is 12.2 Å². The lowest BCUT2D eigenvalue weighted by molar-refractivity contribution is 0.602. The van der Waals surface area contributed by atoms with Crippen molar-refractivity contribution >= 4 is 26.6 Å². The summed E-state index contributed by atoms with van der Waals surface area (Å²) in [6, 6.07) is 5.87. The monoisotopic (exact) mass is 265 g/mol. The van der Waals surface area contributed by atoms with Crippen molar-refractivity contribution in [3.63, 3.8) is 0 Å². The van der Waals surface area contributed by atoms with Gasteiger partial charge in [0, 0.05) is 11.7 Å². The van der Waals surface area contributed by atoms with E-state index >= 15 is 0 Å². The van der Waals surface area contributed by atoms with Gasteiger partial charge in [-0.2, -0.15) is 0 Å². The first kappa shape index (κ1) is 11.5. The van der Waals surface area contributed by atoms with Crippen LogP contribution in [-0.4, -0.2) is 35.9 Å². The van der Waals surface area contributed by atoms with Crippen LogP contribution in [0.15, 0.2) is 18.2 Å². The molecule has 0 saturated carbocycles. The molecule has 1 fully saturated rings. The van der Waals surface area contributed by atoms with Gasteiger partial charge >= 0.3 is 0 Å². The molecule has 1 saturated heterocycles. The van der Waals surface area contributed by atoms with Crippen molar-refractivity contribution in [3.8, 4) is 0 Å². The maximum Gasteiger partial charge on any atom is 0.152 e. The number of aromatic nitrogens is 2. The normalized spacial score (nSPS) is 22.4. The molecule has 2 aromatic rings. The molecule has 6 heteroatoms. The molecule has 3 rings (SSSR count). The number of nitrogens with zero attached hydrogens (tertiary/aromatic N) is 1. The average Bonchev–Trinajstić information content (AvgIpc) is 2.80. The molecule has 1 aliphatic rings. The minimum atomic E-state index is -2.84. The maximum absolute atomic E-state index is 11.4. The Labute approximate surface area is 106 Å². The van der Waals surface area contributed by atoms with Crippen LogP contribution in [0.3, 0.4) is 0 Å². The molecule has 5 nitrogen and oxygen atoms in total. The zero-order valence-electron chi connectivity index (χ0n) is 10.1. The average molecular weight is 265 g/mol. The number of rotatable bonds is 2. The summed E-state index contributed by atoms with van der Waals surface area (Å²) in [5, 5.41) is 3.27. The van der Waals surface area contributed by atoms with E-state index in [1.54, 1.807) is 0 Å². The number of anilines is 1. The Morgan fingerprint density at radius 2 is 2.28 bits per heavy atom. The van der Waals surface area contributed by atoms with E-state index in [0.717, 1.165) is 22.5 Å². The number of hydrogen-bond donors (Lipinski definition) is 2. The van der Waals surface area contributed by atoms with Gasteiger partial charge in [0.1, 0.15) is 5.82 Å². The highest BCUT2D eigenvalue weighted by molar-refractivity contribution is 7.91. The van der Waals surface area contributed by atoms with Crippen LogP contribution in [0.5, 0.6) is 0 Å². The standard InChI is InChI=1S/C12H15N3O2S/c1-8-13-11-3-2-9(6-12(11)14-8)15-10-4-5-18(16,17)7-10/h2-3,6,10,15H,4-5,7H2,1H3,(H,13,14). The predicted molar refractivity (Wildman–Crippen MR) is 71.5 cm³/mol. The highest BCUT2D eigenvalue weighted by atomic mass is 32.2. The molecule has 0 bridgehead atoms. The first-order chi connectivity index (χ1) is 8.52. The quantitative estimate of drug-likeness (QED) is 0.862. The topological polar surface area (TPSA) is 74.8 Å². The number of imidazole rings is 1. The minimum absolute atomic E-state index is 0.0245. The van der Waals surface area contributed by atoms with Crippen molar-refractivity contribution in [2.45, 2.75) is 19.4 Å². The molecule has 96 valence electrons. The van der Waals surface area contributed by atoms with Gasteiger partial charge in [-0.15, -0.1) is 0 Å². The van der Waals surface area contributed by atoms with E-state index in [0.29, 0.717) is 6.42 Å². The van der Waals surface area contributed by atoms with Crippen LogP contribution >= 0.6 is 0 Å². The molecule has 2 heterocycles. The van der Waals surface area contributed by atoms with Crippen molar-refractivity contribution in [1.82, 2.24) is 9.97 Å².